The van der Waals surface area contributed by atoms with E-state index in [0.29, 0.717) is 6.04 Å². The van der Waals surface area contributed by atoms with Crippen LogP contribution >= 0.6 is 11.8 Å². The van der Waals surface area contributed by atoms with Crippen molar-refractivity contribution >= 4 is 17.9 Å². The summed E-state index contributed by atoms with van der Waals surface area (Å²) in [6, 6.07) is 0.529. The Hall–Kier alpha value is -0.460. The molecule has 0 aromatic rings. The van der Waals surface area contributed by atoms with Crippen molar-refractivity contribution in [3.63, 3.8) is 0 Å². The Kier molecular flexibility index (Phi) is 7.50. The number of ether oxygens (including phenoxy) is 1. The Bertz CT molecular complexity index is 367. The van der Waals surface area contributed by atoms with E-state index in [1.165, 1.54) is 24.6 Å². The molecule has 0 radical (unpaired) electrons. The Morgan fingerprint density at radius 2 is 1.91 bits per heavy atom. The lowest BCUT2D eigenvalue weighted by Crippen LogP contribution is -2.41. The lowest BCUT2D eigenvalue weighted by Gasteiger charge is -2.27. The summed E-state index contributed by atoms with van der Waals surface area (Å²) in [6.45, 7) is 12.0. The van der Waals surface area contributed by atoms with Gasteiger partial charge < -0.3 is 19.9 Å². The van der Waals surface area contributed by atoms with Crippen molar-refractivity contribution in [1.82, 2.24) is 15.1 Å². The topological polar surface area (TPSA) is 44.8 Å². The molecule has 2 aliphatic heterocycles. The van der Waals surface area contributed by atoms with Crippen LogP contribution in [-0.4, -0.2) is 78.3 Å². The molecule has 134 valence electrons. The number of thioether (sulfide) groups is 1. The van der Waals surface area contributed by atoms with E-state index in [2.05, 4.69) is 22.0 Å². The summed E-state index contributed by atoms with van der Waals surface area (Å²) < 4.78 is 5.49. The summed E-state index contributed by atoms with van der Waals surface area (Å²) in [7, 11) is 0. The van der Waals surface area contributed by atoms with E-state index in [1.54, 1.807) is 0 Å². The van der Waals surface area contributed by atoms with Crippen LogP contribution in [0, 0.1) is 0 Å². The first-order valence-electron chi connectivity index (χ1n) is 8.95. The van der Waals surface area contributed by atoms with E-state index in [1.807, 2.05) is 25.7 Å². The van der Waals surface area contributed by atoms with Crippen molar-refractivity contribution < 1.29 is 9.53 Å². The average Bonchev–Trinajstić information content (AvgIpc) is 2.72. The van der Waals surface area contributed by atoms with Crippen molar-refractivity contribution in [2.24, 2.45) is 0 Å². The minimum Gasteiger partial charge on any atom is -0.444 e. The maximum atomic E-state index is 12.2. The van der Waals surface area contributed by atoms with Crippen LogP contribution < -0.4 is 5.32 Å². The van der Waals surface area contributed by atoms with E-state index in [0.717, 1.165) is 45.4 Å². The van der Waals surface area contributed by atoms with Gasteiger partial charge in [0.2, 0.25) is 0 Å². The summed E-state index contributed by atoms with van der Waals surface area (Å²) >= 11 is 2.06. The smallest absolute Gasteiger partial charge is 0.410 e. The van der Waals surface area contributed by atoms with Crippen molar-refractivity contribution in [1.29, 1.82) is 0 Å². The van der Waals surface area contributed by atoms with Gasteiger partial charge in [-0.15, -0.1) is 0 Å². The molecule has 0 spiro atoms. The minimum atomic E-state index is -0.409. The molecule has 2 saturated heterocycles. The largest absolute Gasteiger partial charge is 0.444 e. The fourth-order valence-electron chi connectivity index (χ4n) is 3.06. The monoisotopic (exact) mass is 343 g/mol. The highest BCUT2D eigenvalue weighted by atomic mass is 32.2. The van der Waals surface area contributed by atoms with Crippen LogP contribution in [0.5, 0.6) is 0 Å². The molecule has 0 saturated carbocycles. The van der Waals surface area contributed by atoms with Gasteiger partial charge in [-0.3, -0.25) is 0 Å². The molecule has 0 aliphatic carbocycles. The highest BCUT2D eigenvalue weighted by Crippen LogP contribution is 2.15. The third kappa shape index (κ3) is 7.31. The number of carbonyl (C=O) groups is 1. The second kappa shape index (κ2) is 9.14. The number of nitrogens with zero attached hydrogens (tertiary/aromatic N) is 2. The lowest BCUT2D eigenvalue weighted by atomic mass is 10.1. The minimum absolute atomic E-state index is 0.163. The number of rotatable bonds is 4. The summed E-state index contributed by atoms with van der Waals surface area (Å²) in [5.41, 5.74) is -0.409. The van der Waals surface area contributed by atoms with E-state index >= 15 is 0 Å². The molecule has 2 rings (SSSR count). The van der Waals surface area contributed by atoms with Crippen LogP contribution in [0.15, 0.2) is 0 Å². The van der Waals surface area contributed by atoms with Gasteiger partial charge in [0.25, 0.3) is 0 Å². The van der Waals surface area contributed by atoms with Crippen LogP contribution in [0.2, 0.25) is 0 Å². The quantitative estimate of drug-likeness (QED) is 0.849. The van der Waals surface area contributed by atoms with E-state index < -0.39 is 5.60 Å². The molecule has 2 aliphatic rings. The SMILES string of the molecule is CC(C)(C)OC(=O)N1CCCC(NCCN2CCSCC2)CC1. The van der Waals surface area contributed by atoms with E-state index in [-0.39, 0.29) is 6.09 Å². The first-order chi connectivity index (χ1) is 10.9. The molecule has 0 bridgehead atoms. The summed E-state index contributed by atoms with van der Waals surface area (Å²) in [4.78, 5) is 16.6. The number of carbonyl (C=O) groups excluding carboxylic acids is 1. The van der Waals surface area contributed by atoms with E-state index in [4.69, 9.17) is 4.74 Å². The van der Waals surface area contributed by atoms with Crippen molar-refractivity contribution in [3.8, 4) is 0 Å². The number of hydrogen-bond donors (Lipinski definition) is 1. The summed E-state index contributed by atoms with van der Waals surface area (Å²) in [5.74, 6) is 2.54. The van der Waals surface area contributed by atoms with Gasteiger partial charge in [0.15, 0.2) is 0 Å². The number of likely N-dealkylation sites (tertiary alicyclic amines) is 1. The van der Waals surface area contributed by atoms with Gasteiger partial charge in [-0.1, -0.05) is 0 Å². The Morgan fingerprint density at radius 3 is 2.61 bits per heavy atom. The summed E-state index contributed by atoms with van der Waals surface area (Å²) in [6.07, 6.45) is 3.06. The molecule has 0 aromatic carbocycles. The normalized spacial score (nSPS) is 24.3. The zero-order valence-electron chi connectivity index (χ0n) is 15.0. The molecule has 2 fully saturated rings. The standard InChI is InChI=1S/C17H33N3O2S/c1-17(2,3)22-16(21)20-8-4-5-15(6-9-20)18-7-10-19-11-13-23-14-12-19/h15,18H,4-14H2,1-3H3. The second-order valence-electron chi connectivity index (χ2n) is 7.50. The summed E-state index contributed by atoms with van der Waals surface area (Å²) in [5, 5.41) is 3.69. The maximum absolute atomic E-state index is 12.2. The van der Waals surface area contributed by atoms with Gasteiger partial charge in [-0.05, 0) is 40.0 Å². The maximum Gasteiger partial charge on any atom is 0.410 e. The van der Waals surface area contributed by atoms with Gasteiger partial charge in [0.1, 0.15) is 5.60 Å². The molecule has 5 nitrogen and oxygen atoms in total. The average molecular weight is 344 g/mol. The number of amides is 1. The van der Waals surface area contributed by atoms with Crippen molar-refractivity contribution in [3.05, 3.63) is 0 Å². The molecule has 1 amide bonds. The zero-order chi connectivity index (χ0) is 16.7. The highest BCUT2D eigenvalue weighted by molar-refractivity contribution is 7.99. The fourth-order valence-corrected chi connectivity index (χ4v) is 4.04. The van der Waals surface area contributed by atoms with Crippen molar-refractivity contribution in [2.75, 3.05) is 50.8 Å². The predicted octanol–water partition coefficient (Wildman–Crippen LogP) is 2.41. The third-order valence-corrected chi connectivity index (χ3v) is 5.29. The molecular weight excluding hydrogens is 310 g/mol. The molecule has 6 heteroatoms. The molecule has 23 heavy (non-hydrogen) atoms. The van der Waals surface area contributed by atoms with E-state index in [9.17, 15) is 4.79 Å². The molecule has 1 unspecified atom stereocenters. The molecule has 2 heterocycles. The van der Waals surface area contributed by atoms with Crippen molar-refractivity contribution in [2.45, 2.75) is 51.7 Å². The highest BCUT2D eigenvalue weighted by Gasteiger charge is 2.25. The van der Waals surface area contributed by atoms with Crippen LogP contribution in [0.25, 0.3) is 0 Å². The molecule has 1 N–H and O–H groups in total. The van der Waals surface area contributed by atoms with Gasteiger partial charge in [-0.25, -0.2) is 4.79 Å². The van der Waals surface area contributed by atoms with Gasteiger partial charge in [0.05, 0.1) is 0 Å². The molecule has 1 atom stereocenters. The first-order valence-corrected chi connectivity index (χ1v) is 10.1. The van der Waals surface area contributed by atoms with Crippen LogP contribution in [0.4, 0.5) is 4.79 Å². The Morgan fingerprint density at radius 1 is 1.17 bits per heavy atom. The van der Waals surface area contributed by atoms with Gasteiger partial charge in [-0.2, -0.15) is 11.8 Å². The van der Waals surface area contributed by atoms with Gasteiger partial charge in [0, 0.05) is 56.8 Å². The Labute approximate surface area is 145 Å². The lowest BCUT2D eigenvalue weighted by molar-refractivity contribution is 0.0256. The zero-order valence-corrected chi connectivity index (χ0v) is 15.8. The molecule has 0 aromatic heterocycles. The number of nitrogens with one attached hydrogen (secondary N) is 1. The number of hydrogen-bond acceptors (Lipinski definition) is 5. The van der Waals surface area contributed by atoms with Crippen LogP contribution in [-0.2, 0) is 4.74 Å². The Balaban J connectivity index is 1.66. The van der Waals surface area contributed by atoms with Crippen LogP contribution in [0.1, 0.15) is 40.0 Å². The molecular formula is C17H33N3O2S. The fraction of sp³-hybridized carbons (Fsp3) is 0.941. The predicted molar refractivity (Wildman–Crippen MR) is 97.2 cm³/mol. The van der Waals surface area contributed by atoms with Crippen LogP contribution in [0.3, 0.4) is 0 Å². The van der Waals surface area contributed by atoms with Gasteiger partial charge >= 0.3 is 6.09 Å². The second-order valence-corrected chi connectivity index (χ2v) is 8.73. The third-order valence-electron chi connectivity index (χ3n) is 4.34. The first kappa shape index (κ1) is 18.9.